The summed E-state index contributed by atoms with van der Waals surface area (Å²) in [6.45, 7) is 3.70. The number of amides is 2. The highest BCUT2D eigenvalue weighted by Crippen LogP contribution is 2.33. The summed E-state index contributed by atoms with van der Waals surface area (Å²) in [7, 11) is 1.31. The SMILES string of the molecule is COC(=O)c1c(NC(=O)CC(NC(=O)c2ccccc2)c2ccccc2)sc(C)c1C. The number of carbonyl (C=O) groups excluding carboxylic acids is 3. The van der Waals surface area contributed by atoms with Gasteiger partial charge in [0.25, 0.3) is 5.91 Å². The van der Waals surface area contributed by atoms with Gasteiger partial charge in [0.05, 0.1) is 25.1 Å². The van der Waals surface area contributed by atoms with Crippen molar-refractivity contribution in [3.63, 3.8) is 0 Å². The summed E-state index contributed by atoms with van der Waals surface area (Å²) >= 11 is 1.33. The molecule has 2 amide bonds. The first-order valence-electron chi connectivity index (χ1n) is 9.79. The first-order chi connectivity index (χ1) is 14.9. The number of methoxy groups -OCH3 is 1. The summed E-state index contributed by atoms with van der Waals surface area (Å²) in [5, 5.41) is 6.22. The van der Waals surface area contributed by atoms with E-state index in [2.05, 4.69) is 10.6 Å². The Labute approximate surface area is 185 Å². The van der Waals surface area contributed by atoms with E-state index in [9.17, 15) is 14.4 Å². The van der Waals surface area contributed by atoms with Gasteiger partial charge in [-0.1, -0.05) is 48.5 Å². The summed E-state index contributed by atoms with van der Waals surface area (Å²) in [6.07, 6.45) is 0.0131. The summed E-state index contributed by atoms with van der Waals surface area (Å²) in [6, 6.07) is 17.6. The van der Waals surface area contributed by atoms with Crippen molar-refractivity contribution in [2.45, 2.75) is 26.3 Å². The number of rotatable bonds is 7. The summed E-state index contributed by atoms with van der Waals surface area (Å²) in [5.74, 6) is -1.07. The first kappa shape index (κ1) is 22.2. The molecule has 0 aliphatic carbocycles. The third kappa shape index (κ3) is 5.38. The molecule has 0 aliphatic heterocycles. The van der Waals surface area contributed by atoms with Crippen molar-refractivity contribution in [2.75, 3.05) is 12.4 Å². The van der Waals surface area contributed by atoms with E-state index in [4.69, 9.17) is 4.74 Å². The highest BCUT2D eigenvalue weighted by molar-refractivity contribution is 7.16. The molecule has 2 N–H and O–H groups in total. The van der Waals surface area contributed by atoms with Gasteiger partial charge < -0.3 is 15.4 Å². The van der Waals surface area contributed by atoms with E-state index in [1.807, 2.05) is 50.2 Å². The molecule has 0 bridgehead atoms. The molecular weight excluding hydrogens is 412 g/mol. The van der Waals surface area contributed by atoms with E-state index in [0.717, 1.165) is 16.0 Å². The van der Waals surface area contributed by atoms with Gasteiger partial charge in [0.1, 0.15) is 5.00 Å². The fraction of sp³-hybridized carbons (Fsp3) is 0.208. The molecule has 3 rings (SSSR count). The molecule has 1 atom stereocenters. The van der Waals surface area contributed by atoms with Gasteiger partial charge in [-0.05, 0) is 37.1 Å². The monoisotopic (exact) mass is 436 g/mol. The number of carbonyl (C=O) groups is 3. The molecule has 3 aromatic rings. The predicted octanol–water partition coefficient (Wildman–Crippen LogP) is 4.65. The minimum Gasteiger partial charge on any atom is -0.465 e. The van der Waals surface area contributed by atoms with Gasteiger partial charge in [-0.3, -0.25) is 9.59 Å². The standard InChI is InChI=1S/C24H24N2O4S/c1-15-16(2)31-23(21(15)24(29)30-3)26-20(27)14-19(17-10-6-4-7-11-17)25-22(28)18-12-8-5-9-13-18/h4-13,19H,14H2,1-3H3,(H,25,28)(H,26,27). The van der Waals surface area contributed by atoms with Gasteiger partial charge in [0, 0.05) is 10.4 Å². The Hall–Kier alpha value is -3.45. The Morgan fingerprint density at radius 1 is 0.968 bits per heavy atom. The summed E-state index contributed by atoms with van der Waals surface area (Å²) in [4.78, 5) is 38.7. The predicted molar refractivity (Wildman–Crippen MR) is 121 cm³/mol. The molecule has 2 aromatic carbocycles. The van der Waals surface area contributed by atoms with Crippen LogP contribution in [0.4, 0.5) is 5.00 Å². The van der Waals surface area contributed by atoms with Crippen LogP contribution in [0.1, 0.15) is 49.2 Å². The Bertz CT molecular complexity index is 1080. The number of benzene rings is 2. The number of aryl methyl sites for hydroxylation is 1. The minimum absolute atomic E-state index is 0.0131. The van der Waals surface area contributed by atoms with Gasteiger partial charge >= 0.3 is 5.97 Å². The highest BCUT2D eigenvalue weighted by Gasteiger charge is 2.24. The van der Waals surface area contributed by atoms with Crippen molar-refractivity contribution in [2.24, 2.45) is 0 Å². The van der Waals surface area contributed by atoms with Crippen LogP contribution in [0.2, 0.25) is 0 Å². The Balaban J connectivity index is 1.80. The second-order valence-corrected chi connectivity index (χ2v) is 8.26. The van der Waals surface area contributed by atoms with E-state index in [0.29, 0.717) is 16.1 Å². The van der Waals surface area contributed by atoms with Gasteiger partial charge in [0.2, 0.25) is 5.91 Å². The zero-order valence-corrected chi connectivity index (χ0v) is 18.4. The van der Waals surface area contributed by atoms with E-state index in [-0.39, 0.29) is 18.2 Å². The normalized spacial score (nSPS) is 11.5. The Morgan fingerprint density at radius 3 is 2.19 bits per heavy atom. The molecule has 0 spiro atoms. The van der Waals surface area contributed by atoms with Crippen molar-refractivity contribution in [3.05, 3.63) is 87.8 Å². The lowest BCUT2D eigenvalue weighted by atomic mass is 10.0. The van der Waals surface area contributed by atoms with Crippen LogP contribution in [0.25, 0.3) is 0 Å². The average Bonchev–Trinajstić information content (AvgIpc) is 3.06. The lowest BCUT2D eigenvalue weighted by Crippen LogP contribution is -2.31. The van der Waals surface area contributed by atoms with E-state index >= 15 is 0 Å². The van der Waals surface area contributed by atoms with Crippen LogP contribution in [0.3, 0.4) is 0 Å². The van der Waals surface area contributed by atoms with Crippen LogP contribution < -0.4 is 10.6 Å². The third-order valence-corrected chi connectivity index (χ3v) is 6.08. The summed E-state index contributed by atoms with van der Waals surface area (Å²) in [5.41, 5.74) is 2.47. The quantitative estimate of drug-likeness (QED) is 0.528. The van der Waals surface area contributed by atoms with E-state index < -0.39 is 12.0 Å². The number of esters is 1. The molecule has 7 heteroatoms. The zero-order chi connectivity index (χ0) is 22.4. The van der Waals surface area contributed by atoms with Crippen LogP contribution in [-0.4, -0.2) is 24.9 Å². The fourth-order valence-corrected chi connectivity index (χ4v) is 4.26. The van der Waals surface area contributed by atoms with E-state index in [1.165, 1.54) is 18.4 Å². The number of thiophene rings is 1. The molecule has 0 saturated heterocycles. The molecule has 31 heavy (non-hydrogen) atoms. The van der Waals surface area contributed by atoms with Crippen molar-refractivity contribution in [1.82, 2.24) is 5.32 Å². The Kier molecular flexibility index (Phi) is 7.20. The van der Waals surface area contributed by atoms with Crippen LogP contribution in [-0.2, 0) is 9.53 Å². The number of anilines is 1. The molecular formula is C24H24N2O4S. The maximum absolute atomic E-state index is 12.9. The maximum Gasteiger partial charge on any atom is 0.341 e. The largest absolute Gasteiger partial charge is 0.465 e. The molecule has 0 saturated carbocycles. The molecule has 160 valence electrons. The Morgan fingerprint density at radius 2 is 1.58 bits per heavy atom. The topological polar surface area (TPSA) is 84.5 Å². The smallest absolute Gasteiger partial charge is 0.341 e. The molecule has 1 aromatic heterocycles. The van der Waals surface area contributed by atoms with E-state index in [1.54, 1.807) is 24.3 Å². The molecule has 0 radical (unpaired) electrons. The second-order valence-electron chi connectivity index (χ2n) is 7.03. The minimum atomic E-state index is -0.530. The van der Waals surface area contributed by atoms with Crippen LogP contribution in [0.5, 0.6) is 0 Å². The van der Waals surface area contributed by atoms with Crippen molar-refractivity contribution in [1.29, 1.82) is 0 Å². The third-order valence-electron chi connectivity index (χ3n) is 4.96. The molecule has 6 nitrogen and oxygen atoms in total. The number of hydrogen-bond donors (Lipinski definition) is 2. The summed E-state index contributed by atoms with van der Waals surface area (Å²) < 4.78 is 4.86. The van der Waals surface area contributed by atoms with Crippen LogP contribution in [0, 0.1) is 13.8 Å². The van der Waals surface area contributed by atoms with Gasteiger partial charge in [-0.15, -0.1) is 11.3 Å². The lowest BCUT2D eigenvalue weighted by molar-refractivity contribution is -0.116. The average molecular weight is 437 g/mol. The van der Waals surface area contributed by atoms with Crippen molar-refractivity contribution >= 4 is 34.1 Å². The van der Waals surface area contributed by atoms with Gasteiger partial charge in [-0.25, -0.2) is 4.79 Å². The molecule has 1 heterocycles. The van der Waals surface area contributed by atoms with Gasteiger partial charge in [0.15, 0.2) is 0 Å². The molecule has 1 unspecified atom stereocenters. The molecule has 0 fully saturated rings. The zero-order valence-electron chi connectivity index (χ0n) is 17.6. The number of nitrogens with one attached hydrogen (secondary N) is 2. The molecule has 0 aliphatic rings. The van der Waals surface area contributed by atoms with Gasteiger partial charge in [-0.2, -0.15) is 0 Å². The second kappa shape index (κ2) is 10.0. The number of ether oxygens (including phenoxy) is 1. The lowest BCUT2D eigenvalue weighted by Gasteiger charge is -2.19. The van der Waals surface area contributed by atoms with Crippen molar-refractivity contribution < 1.29 is 19.1 Å². The van der Waals surface area contributed by atoms with Crippen molar-refractivity contribution in [3.8, 4) is 0 Å². The maximum atomic E-state index is 12.9. The highest BCUT2D eigenvalue weighted by atomic mass is 32.1. The van der Waals surface area contributed by atoms with Crippen LogP contribution in [0.15, 0.2) is 60.7 Å². The fourth-order valence-electron chi connectivity index (χ4n) is 3.19. The van der Waals surface area contributed by atoms with Crippen LogP contribution >= 0.6 is 11.3 Å². The number of hydrogen-bond acceptors (Lipinski definition) is 5. The first-order valence-corrected chi connectivity index (χ1v) is 10.6.